The summed E-state index contributed by atoms with van der Waals surface area (Å²) in [4.78, 5) is 18.1. The Labute approximate surface area is 138 Å². The summed E-state index contributed by atoms with van der Waals surface area (Å²) in [6.07, 6.45) is 4.40. The first-order chi connectivity index (χ1) is 11.0. The second kappa shape index (κ2) is 7.77. The summed E-state index contributed by atoms with van der Waals surface area (Å²) in [6, 6.07) is 8.23. The van der Waals surface area contributed by atoms with Gasteiger partial charge in [-0.3, -0.25) is 9.78 Å². The normalized spacial score (nSPS) is 10.4. The number of hydrogen-bond acceptors (Lipinski definition) is 3. The minimum Gasteiger partial charge on any atom is -0.376 e. The number of rotatable bonds is 6. The third-order valence-corrected chi connectivity index (χ3v) is 4.00. The van der Waals surface area contributed by atoms with Crippen LogP contribution >= 0.6 is 0 Å². The number of benzene rings is 1. The van der Waals surface area contributed by atoms with Crippen molar-refractivity contribution < 1.29 is 4.79 Å². The first-order valence-electron chi connectivity index (χ1n) is 7.92. The molecule has 1 aromatic carbocycles. The van der Waals surface area contributed by atoms with Crippen molar-refractivity contribution >= 4 is 11.6 Å². The third-order valence-electron chi connectivity index (χ3n) is 4.00. The lowest BCUT2D eigenvalue weighted by atomic mass is 10.1. The molecule has 23 heavy (non-hydrogen) atoms. The molecule has 4 heteroatoms. The van der Waals surface area contributed by atoms with Crippen LogP contribution in [0.25, 0.3) is 0 Å². The van der Waals surface area contributed by atoms with Crippen LogP contribution in [0.1, 0.15) is 22.3 Å². The van der Waals surface area contributed by atoms with E-state index in [2.05, 4.69) is 43.2 Å². The number of carbonyl (C=O) groups is 1. The molecule has 0 spiro atoms. The van der Waals surface area contributed by atoms with Crippen molar-refractivity contribution in [2.24, 2.45) is 0 Å². The van der Waals surface area contributed by atoms with Gasteiger partial charge >= 0.3 is 0 Å². The fourth-order valence-electron chi connectivity index (χ4n) is 2.73. The van der Waals surface area contributed by atoms with Gasteiger partial charge in [-0.2, -0.15) is 0 Å². The summed E-state index contributed by atoms with van der Waals surface area (Å²) >= 11 is 0. The second-order valence-electron chi connectivity index (χ2n) is 6.05. The third kappa shape index (κ3) is 4.81. The molecule has 0 aliphatic rings. The van der Waals surface area contributed by atoms with Gasteiger partial charge in [0, 0.05) is 31.7 Å². The Kier molecular flexibility index (Phi) is 5.74. The Bertz CT molecular complexity index is 645. The molecular weight excluding hydrogens is 286 g/mol. The molecule has 4 nitrogen and oxygen atoms in total. The molecule has 1 amide bonds. The molecule has 1 N–H and O–H groups in total. The molecule has 1 aromatic heterocycles. The minimum atomic E-state index is 0.0958. The Morgan fingerprint density at radius 3 is 2.35 bits per heavy atom. The Balaban J connectivity index is 1.87. The van der Waals surface area contributed by atoms with E-state index in [1.165, 1.54) is 22.3 Å². The predicted molar refractivity (Wildman–Crippen MR) is 94.7 cm³/mol. The van der Waals surface area contributed by atoms with Crippen LogP contribution < -0.4 is 5.32 Å². The van der Waals surface area contributed by atoms with Gasteiger partial charge in [-0.1, -0.05) is 17.7 Å². The standard InChI is InChI=1S/C19H25N3O/c1-14-11-15(2)19(16(3)12-14)21-13-18(23)22(4)10-7-17-5-8-20-9-6-17/h5-6,8-9,11-12,21H,7,10,13H2,1-4H3. The SMILES string of the molecule is Cc1cc(C)c(NCC(=O)N(C)CCc2ccncc2)c(C)c1. The van der Waals surface area contributed by atoms with E-state index >= 15 is 0 Å². The summed E-state index contributed by atoms with van der Waals surface area (Å²) in [5, 5.41) is 3.29. The number of likely N-dealkylation sites (N-methyl/N-ethyl adjacent to an activating group) is 1. The van der Waals surface area contributed by atoms with Crippen LogP contribution in [0.3, 0.4) is 0 Å². The highest BCUT2D eigenvalue weighted by molar-refractivity contribution is 5.81. The molecule has 2 rings (SSSR count). The number of nitrogens with zero attached hydrogens (tertiary/aromatic N) is 2. The Hall–Kier alpha value is -2.36. The Morgan fingerprint density at radius 2 is 1.74 bits per heavy atom. The average Bonchev–Trinajstić information content (AvgIpc) is 2.52. The molecule has 0 atom stereocenters. The van der Waals surface area contributed by atoms with E-state index in [4.69, 9.17) is 0 Å². The molecule has 0 aliphatic carbocycles. The van der Waals surface area contributed by atoms with E-state index in [1.54, 1.807) is 17.3 Å². The molecule has 0 radical (unpaired) electrons. The van der Waals surface area contributed by atoms with Crippen LogP contribution in [0, 0.1) is 20.8 Å². The fourth-order valence-corrected chi connectivity index (χ4v) is 2.73. The van der Waals surface area contributed by atoms with E-state index in [9.17, 15) is 4.79 Å². The lowest BCUT2D eigenvalue weighted by Gasteiger charge is -2.19. The molecule has 0 unspecified atom stereocenters. The first kappa shape index (κ1) is 17.0. The first-order valence-corrected chi connectivity index (χ1v) is 7.92. The van der Waals surface area contributed by atoms with E-state index in [0.717, 1.165) is 12.1 Å². The summed E-state index contributed by atoms with van der Waals surface area (Å²) in [7, 11) is 1.85. The van der Waals surface area contributed by atoms with Gasteiger partial charge in [0.2, 0.25) is 5.91 Å². The highest BCUT2D eigenvalue weighted by atomic mass is 16.2. The maximum Gasteiger partial charge on any atom is 0.241 e. The van der Waals surface area contributed by atoms with Crippen LogP contribution in [0.5, 0.6) is 0 Å². The summed E-state index contributed by atoms with van der Waals surface area (Å²) in [5.74, 6) is 0.0958. The van der Waals surface area contributed by atoms with Gasteiger partial charge in [-0.25, -0.2) is 0 Å². The maximum absolute atomic E-state index is 12.3. The fraction of sp³-hybridized carbons (Fsp3) is 0.368. The lowest BCUT2D eigenvalue weighted by molar-refractivity contribution is -0.127. The van der Waals surface area contributed by atoms with Crippen molar-refractivity contribution in [2.75, 3.05) is 25.5 Å². The molecule has 0 aliphatic heterocycles. The van der Waals surface area contributed by atoms with E-state index in [-0.39, 0.29) is 5.91 Å². The van der Waals surface area contributed by atoms with Gasteiger partial charge in [-0.05, 0) is 56.0 Å². The van der Waals surface area contributed by atoms with Gasteiger partial charge in [-0.15, -0.1) is 0 Å². The predicted octanol–water partition coefficient (Wildman–Crippen LogP) is 3.12. The minimum absolute atomic E-state index is 0.0958. The molecule has 0 fully saturated rings. The lowest BCUT2D eigenvalue weighted by Crippen LogP contribution is -2.34. The smallest absolute Gasteiger partial charge is 0.241 e. The Morgan fingerprint density at radius 1 is 1.13 bits per heavy atom. The number of carbonyl (C=O) groups excluding carboxylic acids is 1. The van der Waals surface area contributed by atoms with Crippen LogP contribution in [0.4, 0.5) is 5.69 Å². The quantitative estimate of drug-likeness (QED) is 0.891. The highest BCUT2D eigenvalue weighted by Crippen LogP contribution is 2.21. The molecule has 0 bridgehead atoms. The van der Waals surface area contributed by atoms with E-state index in [0.29, 0.717) is 13.1 Å². The second-order valence-corrected chi connectivity index (χ2v) is 6.05. The summed E-state index contributed by atoms with van der Waals surface area (Å²) in [5.41, 5.74) is 5.85. The zero-order chi connectivity index (χ0) is 16.8. The molecule has 1 heterocycles. The van der Waals surface area contributed by atoms with Crippen LogP contribution in [0.2, 0.25) is 0 Å². The topological polar surface area (TPSA) is 45.2 Å². The average molecular weight is 311 g/mol. The number of pyridine rings is 1. The zero-order valence-corrected chi connectivity index (χ0v) is 14.4. The number of hydrogen-bond donors (Lipinski definition) is 1. The maximum atomic E-state index is 12.3. The van der Waals surface area contributed by atoms with E-state index in [1.807, 2.05) is 19.2 Å². The van der Waals surface area contributed by atoms with Crippen LogP contribution in [-0.2, 0) is 11.2 Å². The summed E-state index contributed by atoms with van der Waals surface area (Å²) in [6.45, 7) is 7.25. The van der Waals surface area contributed by atoms with Crippen molar-refractivity contribution in [2.45, 2.75) is 27.2 Å². The molecular formula is C19H25N3O. The largest absolute Gasteiger partial charge is 0.376 e. The molecule has 2 aromatic rings. The van der Waals surface area contributed by atoms with Gasteiger partial charge in [0.1, 0.15) is 0 Å². The van der Waals surface area contributed by atoms with Crippen LogP contribution in [-0.4, -0.2) is 35.9 Å². The number of aryl methyl sites for hydroxylation is 3. The number of aromatic nitrogens is 1. The van der Waals surface area contributed by atoms with Gasteiger partial charge in [0.05, 0.1) is 6.54 Å². The summed E-state index contributed by atoms with van der Waals surface area (Å²) < 4.78 is 0. The number of amides is 1. The van der Waals surface area contributed by atoms with Gasteiger partial charge < -0.3 is 10.2 Å². The zero-order valence-electron chi connectivity index (χ0n) is 14.4. The van der Waals surface area contributed by atoms with Crippen molar-refractivity contribution in [1.29, 1.82) is 0 Å². The van der Waals surface area contributed by atoms with Crippen LogP contribution in [0.15, 0.2) is 36.7 Å². The molecule has 0 saturated heterocycles. The highest BCUT2D eigenvalue weighted by Gasteiger charge is 2.10. The molecule has 0 saturated carbocycles. The van der Waals surface area contributed by atoms with Crippen molar-refractivity contribution in [3.63, 3.8) is 0 Å². The van der Waals surface area contributed by atoms with E-state index < -0.39 is 0 Å². The van der Waals surface area contributed by atoms with Crippen molar-refractivity contribution in [3.05, 3.63) is 58.9 Å². The monoisotopic (exact) mass is 311 g/mol. The van der Waals surface area contributed by atoms with Crippen molar-refractivity contribution in [3.8, 4) is 0 Å². The van der Waals surface area contributed by atoms with Crippen molar-refractivity contribution in [1.82, 2.24) is 9.88 Å². The van der Waals surface area contributed by atoms with Gasteiger partial charge in [0.15, 0.2) is 0 Å². The van der Waals surface area contributed by atoms with Gasteiger partial charge in [0.25, 0.3) is 0 Å². The number of anilines is 1. The number of nitrogens with one attached hydrogen (secondary N) is 1. The molecule has 122 valence electrons.